The fourth-order valence-corrected chi connectivity index (χ4v) is 3.50. The van der Waals surface area contributed by atoms with Crippen LogP contribution in [0, 0.1) is 0 Å². The minimum Gasteiger partial charge on any atom is -0.361 e. The second kappa shape index (κ2) is 7.16. The molecule has 1 aliphatic rings. The number of carbonyl (C=O) groups excluding carboxylic acids is 1. The van der Waals surface area contributed by atoms with Crippen LogP contribution in [-0.2, 0) is 9.53 Å². The number of hydrogen-bond donors (Lipinski definition) is 0. The van der Waals surface area contributed by atoms with Crippen LogP contribution in [0.1, 0.15) is 30.2 Å². The highest BCUT2D eigenvalue weighted by molar-refractivity contribution is 9.10. The van der Waals surface area contributed by atoms with E-state index in [1.807, 2.05) is 60.4 Å². The van der Waals surface area contributed by atoms with Gasteiger partial charge in [-0.25, -0.2) is 0 Å². The molecule has 1 heterocycles. The number of likely N-dealkylation sites (N-methyl/N-ethyl adjacent to an activating group) is 1. The van der Waals surface area contributed by atoms with Crippen molar-refractivity contribution in [2.75, 3.05) is 13.2 Å². The van der Waals surface area contributed by atoms with Crippen molar-refractivity contribution in [1.29, 1.82) is 0 Å². The number of nitrogens with zero attached hydrogens (tertiary/aromatic N) is 1. The zero-order chi connectivity index (χ0) is 16.4. The summed E-state index contributed by atoms with van der Waals surface area (Å²) >= 11 is 6.93. The summed E-state index contributed by atoms with van der Waals surface area (Å²) in [5, 5.41) is 0. The van der Waals surface area contributed by atoms with Gasteiger partial charge in [-0.05, 0) is 42.3 Å². The summed E-state index contributed by atoms with van der Waals surface area (Å²) < 4.78 is 7.98. The molecule has 2 atom stereocenters. The summed E-state index contributed by atoms with van der Waals surface area (Å²) in [6, 6.07) is 16.1. The number of rotatable bonds is 3. The van der Waals surface area contributed by atoms with Gasteiger partial charge in [0, 0.05) is 15.5 Å². The van der Waals surface area contributed by atoms with Gasteiger partial charge < -0.3 is 9.64 Å². The highest BCUT2D eigenvalue weighted by Gasteiger charge is 2.37. The molecular weight excluding hydrogens is 422 g/mol. The second-order valence-electron chi connectivity index (χ2n) is 5.46. The van der Waals surface area contributed by atoms with Crippen molar-refractivity contribution in [3.8, 4) is 0 Å². The van der Waals surface area contributed by atoms with Crippen LogP contribution in [0.4, 0.5) is 0 Å². The molecule has 2 aromatic carbocycles. The van der Waals surface area contributed by atoms with Gasteiger partial charge in [-0.15, -0.1) is 0 Å². The van der Waals surface area contributed by atoms with E-state index in [0.717, 1.165) is 20.1 Å². The number of carbonyl (C=O) groups is 1. The topological polar surface area (TPSA) is 29.5 Å². The van der Waals surface area contributed by atoms with Gasteiger partial charge in [0.15, 0.2) is 0 Å². The lowest BCUT2D eigenvalue weighted by atomic mass is 9.93. The molecule has 1 saturated heterocycles. The van der Waals surface area contributed by atoms with E-state index < -0.39 is 0 Å². The Balaban J connectivity index is 2.03. The van der Waals surface area contributed by atoms with Crippen LogP contribution >= 0.6 is 31.9 Å². The van der Waals surface area contributed by atoms with Gasteiger partial charge in [0.1, 0.15) is 12.7 Å². The Hall–Kier alpha value is -1.17. The van der Waals surface area contributed by atoms with E-state index >= 15 is 0 Å². The largest absolute Gasteiger partial charge is 0.361 e. The monoisotopic (exact) mass is 437 g/mol. The minimum atomic E-state index is -0.165. The maximum atomic E-state index is 12.3. The van der Waals surface area contributed by atoms with E-state index in [9.17, 15) is 4.79 Å². The van der Waals surface area contributed by atoms with Crippen LogP contribution < -0.4 is 0 Å². The number of morpholine rings is 1. The quantitative estimate of drug-likeness (QED) is 0.683. The fourth-order valence-electron chi connectivity index (χ4n) is 2.97. The molecule has 23 heavy (non-hydrogen) atoms. The van der Waals surface area contributed by atoms with E-state index in [2.05, 4.69) is 31.9 Å². The Morgan fingerprint density at radius 1 is 1.00 bits per heavy atom. The predicted octanol–water partition coefficient (Wildman–Crippen LogP) is 4.87. The van der Waals surface area contributed by atoms with Crippen molar-refractivity contribution < 1.29 is 9.53 Å². The molecular formula is C18H17Br2NO2. The van der Waals surface area contributed by atoms with Crippen LogP contribution in [0.25, 0.3) is 0 Å². The Morgan fingerprint density at radius 2 is 1.52 bits per heavy atom. The maximum absolute atomic E-state index is 12.3. The molecule has 3 nitrogen and oxygen atoms in total. The first-order valence-corrected chi connectivity index (χ1v) is 9.10. The lowest BCUT2D eigenvalue weighted by Crippen LogP contribution is -2.45. The highest BCUT2D eigenvalue weighted by atomic mass is 79.9. The summed E-state index contributed by atoms with van der Waals surface area (Å²) in [4.78, 5) is 14.2. The second-order valence-corrected chi connectivity index (χ2v) is 7.29. The average Bonchev–Trinajstić information content (AvgIpc) is 2.56. The summed E-state index contributed by atoms with van der Waals surface area (Å²) in [5.41, 5.74) is 2.16. The van der Waals surface area contributed by atoms with Crippen molar-refractivity contribution in [3.05, 3.63) is 68.6 Å². The average molecular weight is 439 g/mol. The van der Waals surface area contributed by atoms with Crippen LogP contribution in [0.5, 0.6) is 0 Å². The molecule has 0 saturated carbocycles. The van der Waals surface area contributed by atoms with Gasteiger partial charge in [0.2, 0.25) is 5.91 Å². The molecule has 2 aromatic rings. The lowest BCUT2D eigenvalue weighted by molar-refractivity contribution is -0.158. The SMILES string of the molecule is CCN1C(=O)CO[C@H](c2ccc(Br)cc2)[C@@H]1c1ccc(Br)cc1. The number of ether oxygens (including phenoxy) is 1. The molecule has 3 rings (SSSR count). The van der Waals surface area contributed by atoms with Crippen molar-refractivity contribution in [1.82, 2.24) is 4.90 Å². The third-order valence-electron chi connectivity index (χ3n) is 4.08. The van der Waals surface area contributed by atoms with Crippen LogP contribution in [0.3, 0.4) is 0 Å². The Morgan fingerprint density at radius 3 is 2.04 bits per heavy atom. The smallest absolute Gasteiger partial charge is 0.249 e. The molecule has 5 heteroatoms. The Labute approximate surface area is 152 Å². The molecule has 1 aliphatic heterocycles. The number of amides is 1. The normalized spacial score (nSPS) is 21.5. The molecule has 120 valence electrons. The van der Waals surface area contributed by atoms with Crippen molar-refractivity contribution in [2.45, 2.75) is 19.1 Å². The Kier molecular flexibility index (Phi) is 5.19. The van der Waals surface area contributed by atoms with Crippen molar-refractivity contribution in [3.63, 3.8) is 0 Å². The molecule has 1 amide bonds. The van der Waals surface area contributed by atoms with Gasteiger partial charge in [-0.1, -0.05) is 56.1 Å². The third-order valence-corrected chi connectivity index (χ3v) is 5.14. The molecule has 1 fully saturated rings. The molecule has 0 aromatic heterocycles. The van der Waals surface area contributed by atoms with Gasteiger partial charge >= 0.3 is 0 Å². The van der Waals surface area contributed by atoms with Crippen LogP contribution in [0.15, 0.2) is 57.5 Å². The number of benzene rings is 2. The van der Waals surface area contributed by atoms with E-state index in [-0.39, 0.29) is 24.7 Å². The molecule has 0 unspecified atom stereocenters. The van der Waals surface area contributed by atoms with Crippen molar-refractivity contribution in [2.24, 2.45) is 0 Å². The predicted molar refractivity (Wildman–Crippen MR) is 97.1 cm³/mol. The van der Waals surface area contributed by atoms with E-state index in [0.29, 0.717) is 6.54 Å². The molecule has 0 N–H and O–H groups in total. The van der Waals surface area contributed by atoms with Crippen LogP contribution in [-0.4, -0.2) is 24.0 Å². The van der Waals surface area contributed by atoms with E-state index in [4.69, 9.17) is 4.74 Å². The molecule has 0 bridgehead atoms. The van der Waals surface area contributed by atoms with E-state index in [1.54, 1.807) is 0 Å². The van der Waals surface area contributed by atoms with Crippen LogP contribution in [0.2, 0.25) is 0 Å². The summed E-state index contributed by atoms with van der Waals surface area (Å²) in [7, 11) is 0. The molecule has 0 aliphatic carbocycles. The lowest BCUT2D eigenvalue weighted by Gasteiger charge is -2.41. The van der Waals surface area contributed by atoms with Gasteiger partial charge in [0.25, 0.3) is 0 Å². The Bertz CT molecular complexity index is 685. The first-order chi connectivity index (χ1) is 11.1. The highest BCUT2D eigenvalue weighted by Crippen LogP contribution is 2.40. The molecule has 0 spiro atoms. The van der Waals surface area contributed by atoms with E-state index in [1.165, 1.54) is 0 Å². The zero-order valence-corrected chi connectivity index (χ0v) is 15.9. The summed E-state index contributed by atoms with van der Waals surface area (Å²) in [6.07, 6.45) is -0.165. The maximum Gasteiger partial charge on any atom is 0.249 e. The number of halogens is 2. The molecule has 0 radical (unpaired) electrons. The first-order valence-electron chi connectivity index (χ1n) is 7.52. The summed E-state index contributed by atoms with van der Waals surface area (Å²) in [6.45, 7) is 2.80. The third kappa shape index (κ3) is 3.52. The van der Waals surface area contributed by atoms with Gasteiger partial charge in [-0.2, -0.15) is 0 Å². The zero-order valence-electron chi connectivity index (χ0n) is 12.7. The minimum absolute atomic E-state index is 0.0359. The summed E-state index contributed by atoms with van der Waals surface area (Å²) in [5.74, 6) is 0.0359. The first kappa shape index (κ1) is 16.7. The fraction of sp³-hybridized carbons (Fsp3) is 0.278. The standard InChI is InChI=1S/C18H17Br2NO2/c1-2-21-16(22)11-23-18(13-5-9-15(20)10-6-13)17(21)12-3-7-14(19)8-4-12/h3-10,17-18H,2,11H2,1H3/t17-,18+/m0/s1. The number of hydrogen-bond acceptors (Lipinski definition) is 2. The van der Waals surface area contributed by atoms with Gasteiger partial charge in [0.05, 0.1) is 6.04 Å². The van der Waals surface area contributed by atoms with Gasteiger partial charge in [-0.3, -0.25) is 4.79 Å². The van der Waals surface area contributed by atoms with Crippen molar-refractivity contribution >= 4 is 37.8 Å².